The van der Waals surface area contributed by atoms with E-state index in [0.29, 0.717) is 28.0 Å². The van der Waals surface area contributed by atoms with Crippen LogP contribution in [0.15, 0.2) is 47.4 Å². The van der Waals surface area contributed by atoms with E-state index in [0.717, 1.165) is 43.8 Å². The second-order valence-corrected chi connectivity index (χ2v) is 12.2. The van der Waals surface area contributed by atoms with E-state index in [1.807, 2.05) is 31.3 Å². The Morgan fingerprint density at radius 2 is 1.83 bits per heavy atom. The van der Waals surface area contributed by atoms with Gasteiger partial charge in [-0.15, -0.1) is 0 Å². The van der Waals surface area contributed by atoms with Crippen LogP contribution in [-0.4, -0.2) is 66.2 Å². The van der Waals surface area contributed by atoms with Gasteiger partial charge >= 0.3 is 0 Å². The van der Waals surface area contributed by atoms with Crippen molar-refractivity contribution in [3.05, 3.63) is 63.6 Å². The molecular weight excluding hydrogens is 497 g/mol. The molecular formula is C28H39Cl2N3OS. The molecule has 2 saturated heterocycles. The zero-order valence-corrected chi connectivity index (χ0v) is 23.3. The van der Waals surface area contributed by atoms with Crippen molar-refractivity contribution in [2.45, 2.75) is 61.4 Å². The first-order chi connectivity index (χ1) is 17.0. The smallest absolute Gasteiger partial charge is 0.0628 e. The first-order valence-corrected chi connectivity index (χ1v) is 15.3. The van der Waals surface area contributed by atoms with Gasteiger partial charge in [0.05, 0.1) is 27.0 Å². The largest absolute Gasteiger partial charge is 0.319 e. The molecule has 1 N–H and O–H groups in total. The fourth-order valence-electron chi connectivity index (χ4n) is 5.93. The maximum Gasteiger partial charge on any atom is 0.0628 e. The van der Waals surface area contributed by atoms with Crippen LogP contribution in [0.3, 0.4) is 0 Å². The van der Waals surface area contributed by atoms with E-state index in [4.69, 9.17) is 23.2 Å². The van der Waals surface area contributed by atoms with Crippen LogP contribution < -0.4 is 5.32 Å². The Balaban J connectivity index is 1.51. The number of hydrogen-bond donors (Lipinski definition) is 1. The first kappa shape index (κ1) is 27.1. The SMILES string of the molecule is CNCC(CCN1CCC(c2ccccc2[S@](C)=O)C[C@H]1N1CCCCC1)c1ccc(Cl)c(Cl)c1. The van der Waals surface area contributed by atoms with E-state index >= 15 is 0 Å². The highest BCUT2D eigenvalue weighted by molar-refractivity contribution is 7.84. The van der Waals surface area contributed by atoms with Crippen molar-refractivity contribution in [3.63, 3.8) is 0 Å². The number of likely N-dealkylation sites (tertiary alicyclic amines) is 2. The monoisotopic (exact) mass is 535 g/mol. The van der Waals surface area contributed by atoms with Gasteiger partial charge in [0.25, 0.3) is 0 Å². The summed E-state index contributed by atoms with van der Waals surface area (Å²) in [5, 5.41) is 4.61. The molecule has 4 atom stereocenters. The predicted octanol–water partition coefficient (Wildman–Crippen LogP) is 6.12. The van der Waals surface area contributed by atoms with Crippen molar-refractivity contribution in [1.82, 2.24) is 15.1 Å². The van der Waals surface area contributed by atoms with Crippen LogP contribution in [0.2, 0.25) is 10.0 Å². The molecule has 2 aliphatic rings. The summed E-state index contributed by atoms with van der Waals surface area (Å²) in [5.41, 5.74) is 2.54. The Bertz CT molecular complexity index is 998. The number of rotatable bonds is 9. The van der Waals surface area contributed by atoms with E-state index in [1.54, 1.807) is 6.26 Å². The molecule has 2 aromatic carbocycles. The lowest BCUT2D eigenvalue weighted by atomic mass is 9.86. The van der Waals surface area contributed by atoms with Crippen molar-refractivity contribution in [1.29, 1.82) is 0 Å². The lowest BCUT2D eigenvalue weighted by Gasteiger charge is -2.47. The minimum Gasteiger partial charge on any atom is -0.319 e. The molecule has 7 heteroatoms. The maximum atomic E-state index is 12.4. The molecule has 0 radical (unpaired) electrons. The fraction of sp³-hybridized carbons (Fsp3) is 0.571. The predicted molar refractivity (Wildman–Crippen MR) is 149 cm³/mol. The summed E-state index contributed by atoms with van der Waals surface area (Å²) in [7, 11) is 1.06. The molecule has 0 spiro atoms. The van der Waals surface area contributed by atoms with Crippen LogP contribution in [0.4, 0.5) is 0 Å². The van der Waals surface area contributed by atoms with Gasteiger partial charge in [-0.2, -0.15) is 0 Å². The van der Waals surface area contributed by atoms with Gasteiger partial charge in [-0.25, -0.2) is 0 Å². The second kappa shape index (κ2) is 13.0. The van der Waals surface area contributed by atoms with E-state index in [9.17, 15) is 4.21 Å². The molecule has 35 heavy (non-hydrogen) atoms. The van der Waals surface area contributed by atoms with Crippen molar-refractivity contribution in [2.24, 2.45) is 0 Å². The van der Waals surface area contributed by atoms with Crippen molar-refractivity contribution >= 4 is 34.0 Å². The molecule has 0 aromatic heterocycles. The fourth-order valence-corrected chi connectivity index (χ4v) is 7.08. The lowest BCUT2D eigenvalue weighted by molar-refractivity contribution is -0.00578. The van der Waals surface area contributed by atoms with Gasteiger partial charge in [0.15, 0.2) is 0 Å². The van der Waals surface area contributed by atoms with Crippen LogP contribution in [-0.2, 0) is 10.8 Å². The van der Waals surface area contributed by atoms with Gasteiger partial charge in [0.1, 0.15) is 0 Å². The third kappa shape index (κ3) is 6.88. The van der Waals surface area contributed by atoms with Crippen molar-refractivity contribution in [3.8, 4) is 0 Å². The molecule has 0 amide bonds. The highest BCUT2D eigenvalue weighted by Gasteiger charge is 2.35. The molecule has 2 heterocycles. The Morgan fingerprint density at radius 1 is 1.06 bits per heavy atom. The van der Waals surface area contributed by atoms with Crippen LogP contribution in [0.25, 0.3) is 0 Å². The van der Waals surface area contributed by atoms with Gasteiger partial charge < -0.3 is 5.32 Å². The minimum absolute atomic E-state index is 0.387. The van der Waals surface area contributed by atoms with Crippen LogP contribution in [0.1, 0.15) is 61.5 Å². The summed E-state index contributed by atoms with van der Waals surface area (Å²) >= 11 is 12.5. The first-order valence-electron chi connectivity index (χ1n) is 13.0. The standard InChI is InChI=1S/C28H39Cl2N3OS/c1-31-20-23(21-10-11-25(29)26(30)18-21)13-17-33-16-12-22(19-28(33)32-14-6-3-7-15-32)24-8-4-5-9-27(24)35(2)34/h4-5,8-11,18,22-23,28,31H,3,6-7,12-17,19-20H2,1-2H3/t22?,23?,28-,35-/m0/s1. The molecule has 0 aliphatic carbocycles. The third-order valence-electron chi connectivity index (χ3n) is 7.79. The summed E-state index contributed by atoms with van der Waals surface area (Å²) in [4.78, 5) is 6.44. The number of nitrogens with zero attached hydrogens (tertiary/aromatic N) is 2. The molecule has 2 fully saturated rings. The zero-order chi connectivity index (χ0) is 24.8. The average Bonchev–Trinajstić information content (AvgIpc) is 2.88. The number of piperidine rings is 2. The summed E-state index contributed by atoms with van der Waals surface area (Å²) in [6.45, 7) is 5.41. The Morgan fingerprint density at radius 3 is 2.54 bits per heavy atom. The Labute approximate surface area is 223 Å². The van der Waals surface area contributed by atoms with Crippen LogP contribution in [0.5, 0.6) is 0 Å². The summed E-state index contributed by atoms with van der Waals surface area (Å²) < 4.78 is 12.4. The molecule has 2 aromatic rings. The molecule has 2 aliphatic heterocycles. The molecule has 192 valence electrons. The second-order valence-electron chi connectivity index (χ2n) is 10.0. The highest BCUT2D eigenvalue weighted by Crippen LogP contribution is 2.37. The van der Waals surface area contributed by atoms with E-state index in [-0.39, 0.29) is 0 Å². The van der Waals surface area contributed by atoms with Crippen molar-refractivity contribution in [2.75, 3.05) is 46.0 Å². The highest BCUT2D eigenvalue weighted by atomic mass is 35.5. The summed E-state index contributed by atoms with van der Waals surface area (Å²) in [6, 6.07) is 14.4. The van der Waals surface area contributed by atoms with Gasteiger partial charge in [-0.3, -0.25) is 14.0 Å². The lowest BCUT2D eigenvalue weighted by Crippen LogP contribution is -2.54. The topological polar surface area (TPSA) is 35.6 Å². The number of benzene rings is 2. The molecule has 2 unspecified atom stereocenters. The van der Waals surface area contributed by atoms with E-state index in [1.165, 1.54) is 43.5 Å². The number of hydrogen-bond acceptors (Lipinski definition) is 4. The Kier molecular flexibility index (Phi) is 10.1. The maximum absolute atomic E-state index is 12.4. The van der Waals surface area contributed by atoms with Crippen LogP contribution in [0, 0.1) is 0 Å². The summed E-state index contributed by atoms with van der Waals surface area (Å²) in [5.74, 6) is 0.846. The normalized spacial score (nSPS) is 23.8. The molecule has 0 saturated carbocycles. The van der Waals surface area contributed by atoms with Crippen LogP contribution >= 0.6 is 23.2 Å². The zero-order valence-electron chi connectivity index (χ0n) is 21.0. The van der Waals surface area contributed by atoms with Gasteiger partial charge in [-0.1, -0.05) is 53.9 Å². The van der Waals surface area contributed by atoms with Crippen molar-refractivity contribution < 1.29 is 4.21 Å². The quantitative estimate of drug-likeness (QED) is 0.419. The summed E-state index contributed by atoms with van der Waals surface area (Å²) in [6.07, 6.45) is 9.46. The third-order valence-corrected chi connectivity index (χ3v) is 9.52. The minimum atomic E-state index is -0.958. The number of halogens is 2. The Hall–Kier alpha value is -0.950. The van der Waals surface area contributed by atoms with Gasteiger partial charge in [0.2, 0.25) is 0 Å². The van der Waals surface area contributed by atoms with E-state index in [2.05, 4.69) is 33.3 Å². The molecule has 0 bridgehead atoms. The molecule has 4 nitrogen and oxygen atoms in total. The van der Waals surface area contributed by atoms with Gasteiger partial charge in [0, 0.05) is 30.8 Å². The number of likely N-dealkylation sites (N-methyl/N-ethyl adjacent to an activating group) is 1. The van der Waals surface area contributed by atoms with Gasteiger partial charge in [-0.05, 0) is 93.4 Å². The average molecular weight is 537 g/mol. The van der Waals surface area contributed by atoms with E-state index < -0.39 is 10.8 Å². The molecule has 4 rings (SSSR count). The number of nitrogens with one attached hydrogen (secondary N) is 1.